The van der Waals surface area contributed by atoms with Crippen molar-refractivity contribution in [2.75, 3.05) is 19.7 Å². The number of carbonyl (C=O) groups is 2. The van der Waals surface area contributed by atoms with Crippen molar-refractivity contribution in [3.8, 4) is 5.75 Å². The molecule has 1 aromatic rings. The van der Waals surface area contributed by atoms with E-state index < -0.39 is 12.0 Å². The predicted octanol–water partition coefficient (Wildman–Crippen LogP) is 2.65. The first-order valence-electron chi connectivity index (χ1n) is 6.30. The molecule has 0 bridgehead atoms. The first-order chi connectivity index (χ1) is 9.99. The summed E-state index contributed by atoms with van der Waals surface area (Å²) in [6, 6.07) is 4.94. The van der Waals surface area contributed by atoms with Crippen LogP contribution in [-0.4, -0.2) is 36.8 Å². The van der Waals surface area contributed by atoms with Crippen LogP contribution in [0, 0.1) is 0 Å². The molecular weight excluding hydrogens is 364 g/mol. The largest absolute Gasteiger partial charge is 0.492 e. The molecule has 0 heterocycles. The molecule has 0 spiro atoms. The van der Waals surface area contributed by atoms with E-state index >= 15 is 0 Å². The number of carbonyl (C=O) groups excluding carboxylic acids is 1. The number of hydrogen-bond donors (Lipinski definition) is 3. The monoisotopic (exact) mass is 378 g/mol. The maximum absolute atomic E-state index is 11.3. The number of amides is 2. The summed E-state index contributed by atoms with van der Waals surface area (Å²) in [6.07, 6.45) is 0.511. The fourth-order valence-electron chi connectivity index (χ4n) is 1.39. The zero-order chi connectivity index (χ0) is 15.7. The minimum atomic E-state index is -0.949. The van der Waals surface area contributed by atoms with Gasteiger partial charge in [-0.05, 0) is 24.6 Å². The lowest BCUT2D eigenvalue weighted by molar-refractivity contribution is -0.136. The van der Waals surface area contributed by atoms with Gasteiger partial charge in [-0.2, -0.15) is 0 Å². The Labute approximate surface area is 135 Å². The summed E-state index contributed by atoms with van der Waals surface area (Å²) in [5.74, 6) is -0.360. The van der Waals surface area contributed by atoms with Gasteiger partial charge in [-0.1, -0.05) is 27.5 Å². The molecule has 8 heteroatoms. The van der Waals surface area contributed by atoms with Crippen molar-refractivity contribution in [1.29, 1.82) is 0 Å². The molecule has 116 valence electrons. The van der Waals surface area contributed by atoms with Crippen LogP contribution >= 0.6 is 27.5 Å². The summed E-state index contributed by atoms with van der Waals surface area (Å²) < 4.78 is 6.36. The minimum absolute atomic E-state index is 0.0986. The van der Waals surface area contributed by atoms with Crippen LogP contribution in [0.3, 0.4) is 0 Å². The molecule has 6 nitrogen and oxygen atoms in total. The van der Waals surface area contributed by atoms with E-state index in [-0.39, 0.29) is 13.0 Å². The highest BCUT2D eigenvalue weighted by Crippen LogP contribution is 2.27. The molecule has 0 aromatic heterocycles. The van der Waals surface area contributed by atoms with Gasteiger partial charge in [0.25, 0.3) is 0 Å². The number of nitrogens with one attached hydrogen (secondary N) is 2. The van der Waals surface area contributed by atoms with E-state index in [2.05, 4.69) is 26.6 Å². The van der Waals surface area contributed by atoms with Crippen molar-refractivity contribution in [2.45, 2.75) is 12.8 Å². The third-order valence-electron chi connectivity index (χ3n) is 2.38. The van der Waals surface area contributed by atoms with Gasteiger partial charge in [0.05, 0.1) is 18.1 Å². The minimum Gasteiger partial charge on any atom is -0.492 e. The number of hydrogen-bond acceptors (Lipinski definition) is 3. The number of urea groups is 1. The molecule has 0 saturated heterocycles. The average molecular weight is 380 g/mol. The molecule has 2 amide bonds. The smallest absolute Gasteiger partial charge is 0.314 e. The van der Waals surface area contributed by atoms with Crippen LogP contribution in [0.15, 0.2) is 22.7 Å². The van der Waals surface area contributed by atoms with Gasteiger partial charge in [0.2, 0.25) is 0 Å². The Kier molecular flexibility index (Phi) is 7.92. The quantitative estimate of drug-likeness (QED) is 0.606. The first kappa shape index (κ1) is 17.6. The Morgan fingerprint density at radius 2 is 2.00 bits per heavy atom. The van der Waals surface area contributed by atoms with Gasteiger partial charge in [-0.15, -0.1) is 0 Å². The van der Waals surface area contributed by atoms with Gasteiger partial charge in [-0.25, -0.2) is 4.79 Å². The molecule has 0 atom stereocenters. The Balaban J connectivity index is 2.11. The van der Waals surface area contributed by atoms with Crippen molar-refractivity contribution in [1.82, 2.24) is 10.6 Å². The van der Waals surface area contributed by atoms with Gasteiger partial charge >= 0.3 is 12.0 Å². The van der Waals surface area contributed by atoms with Crippen LogP contribution in [0.1, 0.15) is 12.8 Å². The third-order valence-corrected chi connectivity index (χ3v) is 3.17. The van der Waals surface area contributed by atoms with E-state index in [0.717, 1.165) is 4.47 Å². The molecule has 0 fully saturated rings. The fraction of sp³-hybridized carbons (Fsp3) is 0.385. The van der Waals surface area contributed by atoms with Crippen molar-refractivity contribution in [3.63, 3.8) is 0 Å². The van der Waals surface area contributed by atoms with Gasteiger partial charge in [0, 0.05) is 17.6 Å². The Bertz CT molecular complexity index is 499. The SMILES string of the molecule is O=C(O)CCNC(=O)NCCCOc1ccc(Br)cc1Cl. The molecule has 0 saturated carbocycles. The molecule has 21 heavy (non-hydrogen) atoms. The lowest BCUT2D eigenvalue weighted by Gasteiger charge is -2.09. The standard InChI is InChI=1S/C13H16BrClN2O4/c14-9-2-3-11(10(15)8-9)21-7-1-5-16-13(20)17-6-4-12(18)19/h2-3,8H,1,4-7H2,(H,18,19)(H2,16,17,20). The average Bonchev–Trinajstić information content (AvgIpc) is 2.40. The molecule has 0 aliphatic carbocycles. The number of rotatable bonds is 8. The number of ether oxygens (including phenoxy) is 1. The van der Waals surface area contributed by atoms with E-state index in [1.165, 1.54) is 0 Å². The van der Waals surface area contributed by atoms with Gasteiger partial charge in [0.1, 0.15) is 5.75 Å². The molecule has 3 N–H and O–H groups in total. The summed E-state index contributed by atoms with van der Waals surface area (Å²) in [4.78, 5) is 21.5. The van der Waals surface area contributed by atoms with Crippen LogP contribution in [0.5, 0.6) is 5.75 Å². The van der Waals surface area contributed by atoms with E-state index in [4.69, 9.17) is 21.4 Å². The molecule has 1 rings (SSSR count). The molecule has 1 aromatic carbocycles. The maximum Gasteiger partial charge on any atom is 0.314 e. The number of halogens is 2. The molecule has 0 unspecified atom stereocenters. The second kappa shape index (κ2) is 9.46. The zero-order valence-corrected chi connectivity index (χ0v) is 13.5. The third kappa shape index (κ3) is 7.77. The van der Waals surface area contributed by atoms with Crippen LogP contribution in [-0.2, 0) is 4.79 Å². The highest BCUT2D eigenvalue weighted by atomic mass is 79.9. The van der Waals surface area contributed by atoms with Gasteiger partial charge < -0.3 is 20.5 Å². The topological polar surface area (TPSA) is 87.7 Å². The lowest BCUT2D eigenvalue weighted by atomic mass is 10.3. The Morgan fingerprint density at radius 3 is 2.67 bits per heavy atom. The first-order valence-corrected chi connectivity index (χ1v) is 7.47. The zero-order valence-electron chi connectivity index (χ0n) is 11.2. The Hall–Kier alpha value is -1.47. The normalized spacial score (nSPS) is 10.0. The fourth-order valence-corrected chi connectivity index (χ4v) is 2.12. The van der Waals surface area contributed by atoms with Gasteiger partial charge in [0.15, 0.2) is 0 Å². The second-order valence-corrected chi connectivity index (χ2v) is 5.43. The van der Waals surface area contributed by atoms with E-state index in [9.17, 15) is 9.59 Å². The number of carboxylic acids is 1. The van der Waals surface area contributed by atoms with E-state index in [0.29, 0.717) is 30.3 Å². The maximum atomic E-state index is 11.3. The molecule has 0 aliphatic heterocycles. The number of benzene rings is 1. The lowest BCUT2D eigenvalue weighted by Crippen LogP contribution is -2.37. The van der Waals surface area contributed by atoms with Gasteiger partial charge in [-0.3, -0.25) is 4.79 Å². The molecular formula is C13H16BrClN2O4. The van der Waals surface area contributed by atoms with Crippen LogP contribution in [0.4, 0.5) is 4.79 Å². The predicted molar refractivity (Wildman–Crippen MR) is 82.9 cm³/mol. The summed E-state index contributed by atoms with van der Waals surface area (Å²) in [6.45, 7) is 0.940. The van der Waals surface area contributed by atoms with Crippen molar-refractivity contribution in [2.24, 2.45) is 0 Å². The van der Waals surface area contributed by atoms with Crippen molar-refractivity contribution >= 4 is 39.5 Å². The van der Waals surface area contributed by atoms with Crippen molar-refractivity contribution in [3.05, 3.63) is 27.7 Å². The van der Waals surface area contributed by atoms with Crippen LogP contribution < -0.4 is 15.4 Å². The number of aliphatic carboxylic acids is 1. The summed E-state index contributed by atoms with van der Waals surface area (Å²) >= 11 is 9.30. The molecule has 0 radical (unpaired) electrons. The summed E-state index contributed by atoms with van der Waals surface area (Å²) in [5.41, 5.74) is 0. The van der Waals surface area contributed by atoms with Crippen LogP contribution in [0.2, 0.25) is 5.02 Å². The number of carboxylic acid groups (broad SMARTS) is 1. The summed E-state index contributed by atoms with van der Waals surface area (Å²) in [5, 5.41) is 14.0. The summed E-state index contributed by atoms with van der Waals surface area (Å²) in [7, 11) is 0. The highest BCUT2D eigenvalue weighted by molar-refractivity contribution is 9.10. The van der Waals surface area contributed by atoms with E-state index in [1.807, 2.05) is 6.07 Å². The van der Waals surface area contributed by atoms with E-state index in [1.54, 1.807) is 12.1 Å². The molecule has 0 aliphatic rings. The highest BCUT2D eigenvalue weighted by Gasteiger charge is 2.03. The second-order valence-electron chi connectivity index (χ2n) is 4.10. The van der Waals surface area contributed by atoms with Crippen LogP contribution in [0.25, 0.3) is 0 Å². The Morgan fingerprint density at radius 1 is 1.29 bits per heavy atom. The van der Waals surface area contributed by atoms with Crippen molar-refractivity contribution < 1.29 is 19.4 Å².